The van der Waals surface area contributed by atoms with Crippen molar-refractivity contribution in [2.75, 3.05) is 19.6 Å². The van der Waals surface area contributed by atoms with E-state index in [0.717, 1.165) is 17.7 Å². The van der Waals surface area contributed by atoms with Gasteiger partial charge in [-0.15, -0.1) is 0 Å². The van der Waals surface area contributed by atoms with E-state index >= 15 is 0 Å². The second-order valence-corrected chi connectivity index (χ2v) is 7.89. The van der Waals surface area contributed by atoms with Gasteiger partial charge < -0.3 is 5.11 Å². The Balaban J connectivity index is 1.52. The van der Waals surface area contributed by atoms with Crippen LogP contribution in [0.5, 0.6) is 0 Å². The Morgan fingerprint density at radius 2 is 1.84 bits per heavy atom. The molecule has 1 atom stereocenters. The van der Waals surface area contributed by atoms with Crippen molar-refractivity contribution in [1.29, 1.82) is 0 Å². The normalized spacial score (nSPS) is 22.1. The summed E-state index contributed by atoms with van der Waals surface area (Å²) in [6.07, 6.45) is 1.62. The van der Waals surface area contributed by atoms with Crippen molar-refractivity contribution in [1.82, 2.24) is 15.1 Å². The average molecular weight is 423 g/mol. The van der Waals surface area contributed by atoms with Crippen LogP contribution in [0, 0.1) is 17.8 Å². The summed E-state index contributed by atoms with van der Waals surface area (Å²) < 4.78 is 0. The predicted molar refractivity (Wildman–Crippen MR) is 107 cm³/mol. The largest absolute Gasteiger partial charge is 0.480 e. The van der Waals surface area contributed by atoms with Crippen LogP contribution in [0.25, 0.3) is 0 Å². The molecular formula is C22H21N3O6. The number of carbonyl (C=O) groups excluding carboxylic acids is 4. The summed E-state index contributed by atoms with van der Waals surface area (Å²) in [5.41, 5.74) is 0.824. The Kier molecular flexibility index (Phi) is 5.57. The zero-order valence-electron chi connectivity index (χ0n) is 16.7. The van der Waals surface area contributed by atoms with Crippen LogP contribution >= 0.6 is 0 Å². The molecule has 4 amide bonds. The van der Waals surface area contributed by atoms with Crippen molar-refractivity contribution in [2.45, 2.75) is 31.7 Å². The molecule has 160 valence electrons. The van der Waals surface area contributed by atoms with Crippen LogP contribution in [0.15, 0.2) is 18.2 Å². The van der Waals surface area contributed by atoms with Gasteiger partial charge in [-0.05, 0) is 44.5 Å². The van der Waals surface area contributed by atoms with Gasteiger partial charge in [0, 0.05) is 17.9 Å². The molecule has 2 N–H and O–H groups in total. The van der Waals surface area contributed by atoms with Gasteiger partial charge in [-0.2, -0.15) is 0 Å². The average Bonchev–Trinajstić information content (AvgIpc) is 2.98. The van der Waals surface area contributed by atoms with E-state index in [2.05, 4.69) is 17.2 Å². The zero-order valence-corrected chi connectivity index (χ0v) is 16.7. The molecule has 0 aromatic heterocycles. The number of piperidine rings is 2. The molecular weight excluding hydrogens is 402 g/mol. The van der Waals surface area contributed by atoms with Crippen molar-refractivity contribution in [2.24, 2.45) is 5.92 Å². The number of benzene rings is 1. The monoisotopic (exact) mass is 423 g/mol. The number of aliphatic carboxylic acids is 1. The molecule has 2 saturated heterocycles. The van der Waals surface area contributed by atoms with Crippen LogP contribution in [0.1, 0.15) is 52.0 Å². The number of amides is 4. The summed E-state index contributed by atoms with van der Waals surface area (Å²) in [7, 11) is 0. The third kappa shape index (κ3) is 4.07. The van der Waals surface area contributed by atoms with Crippen LogP contribution in [-0.2, 0) is 14.4 Å². The lowest BCUT2D eigenvalue weighted by molar-refractivity contribution is -0.139. The van der Waals surface area contributed by atoms with Crippen LogP contribution < -0.4 is 5.32 Å². The van der Waals surface area contributed by atoms with Crippen molar-refractivity contribution >= 4 is 29.6 Å². The minimum absolute atomic E-state index is 0.0130. The molecule has 1 aromatic rings. The standard InChI is InChI=1S/C22H21N3O6/c26-17-7-6-16(20(29)23-17)25-21(30)15-3-1-2-14(19(15)22(25)31)5-4-13-8-10-24(11-9-13)12-18(27)28/h1-3,13,16H,6-12H2,(H,27,28)(H,23,26,29). The minimum atomic E-state index is -1.01. The van der Waals surface area contributed by atoms with Crippen molar-refractivity contribution < 1.29 is 29.1 Å². The maximum Gasteiger partial charge on any atom is 0.317 e. The zero-order chi connectivity index (χ0) is 22.1. The van der Waals surface area contributed by atoms with Crippen LogP contribution in [0.2, 0.25) is 0 Å². The van der Waals surface area contributed by atoms with Crippen molar-refractivity contribution in [3.63, 3.8) is 0 Å². The number of hydrogen-bond acceptors (Lipinski definition) is 6. The first-order chi connectivity index (χ1) is 14.8. The molecule has 9 nitrogen and oxygen atoms in total. The highest BCUT2D eigenvalue weighted by atomic mass is 16.4. The summed E-state index contributed by atoms with van der Waals surface area (Å²) in [6.45, 7) is 1.29. The molecule has 3 heterocycles. The Morgan fingerprint density at radius 3 is 2.52 bits per heavy atom. The molecule has 0 radical (unpaired) electrons. The lowest BCUT2D eigenvalue weighted by Gasteiger charge is -2.28. The molecule has 1 unspecified atom stereocenters. The highest BCUT2D eigenvalue weighted by molar-refractivity contribution is 6.24. The smallest absolute Gasteiger partial charge is 0.317 e. The van der Waals surface area contributed by atoms with E-state index < -0.39 is 35.6 Å². The second kappa shape index (κ2) is 8.32. The SMILES string of the molecule is O=C(O)CN1CCC(C#Cc2cccc3c2C(=O)N(C2CCC(=O)NC2=O)C3=O)CC1. The van der Waals surface area contributed by atoms with Gasteiger partial charge in [-0.25, -0.2) is 0 Å². The molecule has 0 spiro atoms. The van der Waals surface area contributed by atoms with Gasteiger partial charge in [0.25, 0.3) is 11.8 Å². The fourth-order valence-corrected chi connectivity index (χ4v) is 4.23. The number of carboxylic acid groups (broad SMARTS) is 1. The van der Waals surface area contributed by atoms with E-state index in [1.54, 1.807) is 12.1 Å². The molecule has 0 bridgehead atoms. The Hall–Kier alpha value is -3.51. The van der Waals surface area contributed by atoms with E-state index in [-0.39, 0.29) is 36.4 Å². The molecule has 31 heavy (non-hydrogen) atoms. The lowest BCUT2D eigenvalue weighted by Crippen LogP contribution is -2.54. The summed E-state index contributed by atoms with van der Waals surface area (Å²) in [4.78, 5) is 63.1. The highest BCUT2D eigenvalue weighted by Gasteiger charge is 2.45. The van der Waals surface area contributed by atoms with Crippen LogP contribution in [0.4, 0.5) is 0 Å². The van der Waals surface area contributed by atoms with Gasteiger partial charge in [0.15, 0.2) is 0 Å². The quantitative estimate of drug-likeness (QED) is 0.527. The van der Waals surface area contributed by atoms with Crippen LogP contribution in [-0.4, -0.2) is 70.2 Å². The second-order valence-electron chi connectivity index (χ2n) is 7.89. The summed E-state index contributed by atoms with van der Waals surface area (Å²) in [5, 5.41) is 11.1. The van der Waals surface area contributed by atoms with Crippen LogP contribution in [0.3, 0.4) is 0 Å². The maximum atomic E-state index is 13.1. The molecule has 3 aliphatic rings. The maximum absolute atomic E-state index is 13.1. The summed E-state index contributed by atoms with van der Waals surface area (Å²) in [5.74, 6) is 3.20. The van der Waals surface area contributed by atoms with E-state index in [1.165, 1.54) is 6.07 Å². The fraction of sp³-hybridized carbons (Fsp3) is 0.409. The molecule has 2 fully saturated rings. The summed E-state index contributed by atoms with van der Waals surface area (Å²) >= 11 is 0. The first-order valence-corrected chi connectivity index (χ1v) is 10.2. The van der Waals surface area contributed by atoms with Gasteiger partial charge in [0.2, 0.25) is 11.8 Å². The van der Waals surface area contributed by atoms with Gasteiger partial charge in [-0.1, -0.05) is 17.9 Å². The van der Waals surface area contributed by atoms with E-state index in [0.29, 0.717) is 18.7 Å². The number of nitrogens with one attached hydrogen (secondary N) is 1. The van der Waals surface area contributed by atoms with Crippen molar-refractivity contribution in [3.05, 3.63) is 34.9 Å². The highest BCUT2D eigenvalue weighted by Crippen LogP contribution is 2.29. The summed E-state index contributed by atoms with van der Waals surface area (Å²) in [6, 6.07) is 3.85. The lowest BCUT2D eigenvalue weighted by atomic mass is 9.96. The van der Waals surface area contributed by atoms with E-state index in [9.17, 15) is 24.0 Å². The number of carbonyl (C=O) groups is 5. The van der Waals surface area contributed by atoms with Gasteiger partial charge in [-0.3, -0.25) is 39.1 Å². The van der Waals surface area contributed by atoms with Gasteiger partial charge in [0.1, 0.15) is 6.04 Å². The van der Waals surface area contributed by atoms with E-state index in [1.807, 2.05) is 4.90 Å². The number of fused-ring (bicyclic) bond motifs is 1. The number of rotatable bonds is 3. The Morgan fingerprint density at radius 1 is 1.10 bits per heavy atom. The number of likely N-dealkylation sites (tertiary alicyclic amines) is 1. The molecule has 1 aromatic carbocycles. The molecule has 0 aliphatic carbocycles. The Labute approximate surface area is 178 Å². The van der Waals surface area contributed by atoms with Gasteiger partial charge in [0.05, 0.1) is 17.7 Å². The third-order valence-corrected chi connectivity index (χ3v) is 5.83. The Bertz CT molecular complexity index is 1050. The molecule has 3 aliphatic heterocycles. The number of carboxylic acids is 1. The first kappa shape index (κ1) is 20.8. The predicted octanol–water partition coefficient (Wildman–Crippen LogP) is 0.236. The fourth-order valence-electron chi connectivity index (χ4n) is 4.23. The van der Waals surface area contributed by atoms with E-state index in [4.69, 9.17) is 5.11 Å². The molecule has 4 rings (SSSR count). The topological polar surface area (TPSA) is 124 Å². The number of imide groups is 2. The van der Waals surface area contributed by atoms with Gasteiger partial charge >= 0.3 is 5.97 Å². The third-order valence-electron chi connectivity index (χ3n) is 5.83. The minimum Gasteiger partial charge on any atom is -0.480 e. The number of hydrogen-bond donors (Lipinski definition) is 2. The molecule has 0 saturated carbocycles. The van der Waals surface area contributed by atoms with Crippen molar-refractivity contribution in [3.8, 4) is 11.8 Å². The molecule has 9 heteroatoms. The number of nitrogens with zero attached hydrogens (tertiary/aromatic N) is 2. The first-order valence-electron chi connectivity index (χ1n) is 10.2.